The van der Waals surface area contributed by atoms with Crippen LogP contribution in [0.15, 0.2) is 53.6 Å². The topological polar surface area (TPSA) is 104 Å². The van der Waals surface area contributed by atoms with Gasteiger partial charge in [0, 0.05) is 5.56 Å². The van der Waals surface area contributed by atoms with E-state index in [9.17, 15) is 4.79 Å². The Morgan fingerprint density at radius 2 is 2.04 bits per heavy atom. The molecule has 28 heavy (non-hydrogen) atoms. The number of carbonyl (C=O) groups excluding carboxylic acids is 1. The van der Waals surface area contributed by atoms with Gasteiger partial charge in [-0.05, 0) is 35.9 Å². The zero-order valence-corrected chi connectivity index (χ0v) is 15.6. The molecule has 3 aromatic rings. The van der Waals surface area contributed by atoms with Gasteiger partial charge in [-0.15, -0.1) is 10.2 Å². The van der Waals surface area contributed by atoms with Crippen LogP contribution in [0.1, 0.15) is 12.5 Å². The molecule has 0 saturated heterocycles. The SMILES string of the molecule is CCOc1ccc(/C=N\NC(=O)Cn2nnc(-c3ccccc3)n2)cc1OC. The van der Waals surface area contributed by atoms with E-state index in [0.29, 0.717) is 23.9 Å². The fraction of sp³-hybridized carbons (Fsp3) is 0.211. The molecule has 0 spiro atoms. The van der Waals surface area contributed by atoms with Crippen LogP contribution in [-0.2, 0) is 11.3 Å². The second-order valence-corrected chi connectivity index (χ2v) is 5.65. The highest BCUT2D eigenvalue weighted by molar-refractivity contribution is 5.83. The Labute approximate surface area is 162 Å². The van der Waals surface area contributed by atoms with Crippen LogP contribution < -0.4 is 14.9 Å². The monoisotopic (exact) mass is 380 g/mol. The highest BCUT2D eigenvalue weighted by Gasteiger charge is 2.08. The van der Waals surface area contributed by atoms with Crippen LogP contribution in [-0.4, -0.2) is 46.0 Å². The first-order valence-corrected chi connectivity index (χ1v) is 8.65. The van der Waals surface area contributed by atoms with E-state index in [1.807, 2.05) is 43.3 Å². The van der Waals surface area contributed by atoms with Crippen LogP contribution in [0.3, 0.4) is 0 Å². The first-order valence-electron chi connectivity index (χ1n) is 8.65. The Balaban J connectivity index is 1.56. The maximum atomic E-state index is 12.0. The number of hydrazone groups is 1. The van der Waals surface area contributed by atoms with Gasteiger partial charge in [0.2, 0.25) is 5.82 Å². The summed E-state index contributed by atoms with van der Waals surface area (Å²) in [6.45, 7) is 2.35. The van der Waals surface area contributed by atoms with Crippen molar-refractivity contribution in [2.45, 2.75) is 13.5 Å². The predicted octanol–water partition coefficient (Wildman–Crippen LogP) is 1.90. The number of hydrogen-bond donors (Lipinski definition) is 1. The van der Waals surface area contributed by atoms with Crippen LogP contribution in [0.2, 0.25) is 0 Å². The van der Waals surface area contributed by atoms with Crippen molar-refractivity contribution in [3.8, 4) is 22.9 Å². The van der Waals surface area contributed by atoms with E-state index < -0.39 is 0 Å². The number of amides is 1. The second kappa shape index (κ2) is 9.26. The van der Waals surface area contributed by atoms with Crippen molar-refractivity contribution < 1.29 is 14.3 Å². The molecule has 9 heteroatoms. The van der Waals surface area contributed by atoms with E-state index in [-0.39, 0.29) is 12.5 Å². The van der Waals surface area contributed by atoms with Crippen molar-refractivity contribution in [3.05, 3.63) is 54.1 Å². The summed E-state index contributed by atoms with van der Waals surface area (Å²) in [5.74, 6) is 1.33. The maximum absolute atomic E-state index is 12.0. The van der Waals surface area contributed by atoms with Crippen molar-refractivity contribution in [2.75, 3.05) is 13.7 Å². The molecule has 0 bridgehead atoms. The lowest BCUT2D eigenvalue weighted by Crippen LogP contribution is -2.24. The first-order chi connectivity index (χ1) is 13.7. The average molecular weight is 380 g/mol. The molecule has 1 heterocycles. The van der Waals surface area contributed by atoms with Crippen molar-refractivity contribution in [2.24, 2.45) is 5.10 Å². The molecule has 0 aliphatic carbocycles. The number of nitrogens with one attached hydrogen (secondary N) is 1. The molecule has 3 rings (SSSR count). The second-order valence-electron chi connectivity index (χ2n) is 5.65. The summed E-state index contributed by atoms with van der Waals surface area (Å²) < 4.78 is 10.7. The summed E-state index contributed by atoms with van der Waals surface area (Å²) in [6.07, 6.45) is 1.51. The van der Waals surface area contributed by atoms with Crippen LogP contribution in [0.5, 0.6) is 11.5 Å². The molecule has 9 nitrogen and oxygen atoms in total. The molecular formula is C19H20N6O3. The van der Waals surface area contributed by atoms with Crippen LogP contribution in [0.25, 0.3) is 11.4 Å². The van der Waals surface area contributed by atoms with Crippen LogP contribution in [0.4, 0.5) is 0 Å². The Bertz CT molecular complexity index is 955. The molecule has 0 atom stereocenters. The number of hydrogen-bond acceptors (Lipinski definition) is 7. The van der Waals surface area contributed by atoms with Crippen molar-refractivity contribution in [3.63, 3.8) is 0 Å². The summed E-state index contributed by atoms with van der Waals surface area (Å²) >= 11 is 0. The minimum absolute atomic E-state index is 0.0935. The zero-order valence-electron chi connectivity index (χ0n) is 15.6. The van der Waals surface area contributed by atoms with Gasteiger partial charge < -0.3 is 9.47 Å². The number of benzene rings is 2. The lowest BCUT2D eigenvalue weighted by atomic mass is 10.2. The Morgan fingerprint density at radius 3 is 2.79 bits per heavy atom. The van der Waals surface area contributed by atoms with Crippen LogP contribution in [0, 0.1) is 0 Å². The third-order valence-corrected chi connectivity index (χ3v) is 3.66. The molecule has 0 saturated carbocycles. The van der Waals surface area contributed by atoms with Crippen LogP contribution >= 0.6 is 0 Å². The third-order valence-electron chi connectivity index (χ3n) is 3.66. The van der Waals surface area contributed by atoms with E-state index in [0.717, 1.165) is 11.1 Å². The summed E-state index contributed by atoms with van der Waals surface area (Å²) in [7, 11) is 1.56. The fourth-order valence-electron chi connectivity index (χ4n) is 2.39. The third kappa shape index (κ3) is 4.91. The van der Waals surface area contributed by atoms with Gasteiger partial charge in [-0.3, -0.25) is 4.79 Å². The average Bonchev–Trinajstić information content (AvgIpc) is 3.18. The van der Waals surface area contributed by atoms with E-state index in [1.54, 1.807) is 19.2 Å². The Kier molecular flexibility index (Phi) is 6.29. The predicted molar refractivity (Wildman–Crippen MR) is 103 cm³/mol. The van der Waals surface area contributed by atoms with Gasteiger partial charge >= 0.3 is 0 Å². The van der Waals surface area contributed by atoms with E-state index >= 15 is 0 Å². The van der Waals surface area contributed by atoms with Gasteiger partial charge in [-0.2, -0.15) is 9.90 Å². The molecule has 1 aromatic heterocycles. The lowest BCUT2D eigenvalue weighted by molar-refractivity contribution is -0.122. The van der Waals surface area contributed by atoms with E-state index in [2.05, 4.69) is 25.9 Å². The molecule has 1 amide bonds. The molecule has 0 radical (unpaired) electrons. The highest BCUT2D eigenvalue weighted by atomic mass is 16.5. The number of rotatable bonds is 8. The van der Waals surface area contributed by atoms with E-state index in [4.69, 9.17) is 9.47 Å². The molecule has 0 fully saturated rings. The van der Waals surface area contributed by atoms with E-state index in [1.165, 1.54) is 11.0 Å². The zero-order chi connectivity index (χ0) is 19.8. The minimum Gasteiger partial charge on any atom is -0.493 e. The summed E-state index contributed by atoms with van der Waals surface area (Å²) in [6, 6.07) is 14.8. The number of methoxy groups -OCH3 is 1. The largest absolute Gasteiger partial charge is 0.493 e. The fourth-order valence-corrected chi connectivity index (χ4v) is 2.39. The van der Waals surface area contributed by atoms with Crippen molar-refractivity contribution >= 4 is 12.1 Å². The molecule has 144 valence electrons. The highest BCUT2D eigenvalue weighted by Crippen LogP contribution is 2.27. The summed E-state index contributed by atoms with van der Waals surface area (Å²) in [4.78, 5) is 13.2. The van der Waals surface area contributed by atoms with Gasteiger partial charge in [0.15, 0.2) is 11.5 Å². The number of ether oxygens (including phenoxy) is 2. The minimum atomic E-state index is -0.369. The Morgan fingerprint density at radius 1 is 1.21 bits per heavy atom. The normalized spacial score (nSPS) is 10.8. The van der Waals surface area contributed by atoms with Gasteiger partial charge in [0.25, 0.3) is 5.91 Å². The Hall–Kier alpha value is -3.75. The molecular weight excluding hydrogens is 360 g/mol. The molecule has 2 aromatic carbocycles. The molecule has 0 aliphatic heterocycles. The van der Waals surface area contributed by atoms with Crippen molar-refractivity contribution in [1.82, 2.24) is 25.6 Å². The maximum Gasteiger partial charge on any atom is 0.263 e. The summed E-state index contributed by atoms with van der Waals surface area (Å²) in [5.41, 5.74) is 4.02. The van der Waals surface area contributed by atoms with Gasteiger partial charge in [0.05, 0.1) is 19.9 Å². The van der Waals surface area contributed by atoms with Gasteiger partial charge in [-0.1, -0.05) is 30.3 Å². The number of tetrazole rings is 1. The van der Waals surface area contributed by atoms with Gasteiger partial charge in [-0.25, -0.2) is 5.43 Å². The first kappa shape index (κ1) is 19.0. The standard InChI is InChI=1S/C19H20N6O3/c1-3-28-16-10-9-14(11-17(16)27-2)12-20-21-18(26)13-25-23-19(22-24-25)15-7-5-4-6-8-15/h4-12H,3,13H2,1-2H3,(H,21,26)/b20-12-. The lowest BCUT2D eigenvalue weighted by Gasteiger charge is -2.09. The van der Waals surface area contributed by atoms with Gasteiger partial charge in [0.1, 0.15) is 6.54 Å². The smallest absolute Gasteiger partial charge is 0.263 e. The number of nitrogens with zero attached hydrogens (tertiary/aromatic N) is 5. The van der Waals surface area contributed by atoms with Crippen molar-refractivity contribution in [1.29, 1.82) is 0 Å². The number of aromatic nitrogens is 4. The molecule has 1 N–H and O–H groups in total. The quantitative estimate of drug-likeness (QED) is 0.473. The molecule has 0 aliphatic rings. The molecule has 0 unspecified atom stereocenters. The summed E-state index contributed by atoms with van der Waals surface area (Å²) in [5, 5.41) is 16.0. The number of carbonyl (C=O) groups is 1.